The SMILES string of the molecule is COCCNCc1sc(N2C[C@@H](C)O[C@@H](C)C2)nc1C. The first kappa shape index (κ1) is 15.7. The zero-order valence-electron chi connectivity index (χ0n) is 12.8. The maximum Gasteiger partial charge on any atom is 0.185 e. The molecular formula is C14H25N3O2S. The van der Waals surface area contributed by atoms with Crippen molar-refractivity contribution in [3.05, 3.63) is 10.6 Å². The van der Waals surface area contributed by atoms with Gasteiger partial charge in [0.25, 0.3) is 0 Å². The Morgan fingerprint density at radius 3 is 2.75 bits per heavy atom. The highest BCUT2D eigenvalue weighted by Crippen LogP contribution is 2.28. The zero-order valence-corrected chi connectivity index (χ0v) is 13.6. The van der Waals surface area contributed by atoms with E-state index in [0.29, 0.717) is 0 Å². The molecule has 0 radical (unpaired) electrons. The number of thiazole rings is 1. The molecule has 1 N–H and O–H groups in total. The Kier molecular flexibility index (Phi) is 5.77. The first-order valence-electron chi connectivity index (χ1n) is 7.16. The predicted molar refractivity (Wildman–Crippen MR) is 82.7 cm³/mol. The lowest BCUT2D eigenvalue weighted by atomic mass is 10.2. The molecular weight excluding hydrogens is 274 g/mol. The number of ether oxygens (including phenoxy) is 2. The maximum absolute atomic E-state index is 5.78. The first-order valence-corrected chi connectivity index (χ1v) is 7.98. The van der Waals surface area contributed by atoms with Crippen molar-refractivity contribution >= 4 is 16.5 Å². The number of hydrogen-bond acceptors (Lipinski definition) is 6. The van der Waals surface area contributed by atoms with Gasteiger partial charge in [0.2, 0.25) is 0 Å². The average molecular weight is 299 g/mol. The monoisotopic (exact) mass is 299 g/mol. The van der Waals surface area contributed by atoms with Crippen molar-refractivity contribution in [3.63, 3.8) is 0 Å². The quantitative estimate of drug-likeness (QED) is 0.812. The van der Waals surface area contributed by atoms with Crippen molar-refractivity contribution in [1.82, 2.24) is 10.3 Å². The number of aryl methyl sites for hydroxylation is 1. The van der Waals surface area contributed by atoms with E-state index in [4.69, 9.17) is 14.5 Å². The molecule has 20 heavy (non-hydrogen) atoms. The summed E-state index contributed by atoms with van der Waals surface area (Å²) in [6, 6.07) is 0. The summed E-state index contributed by atoms with van der Waals surface area (Å²) in [5.41, 5.74) is 1.13. The number of methoxy groups -OCH3 is 1. The van der Waals surface area contributed by atoms with Crippen LogP contribution in [0.4, 0.5) is 5.13 Å². The number of hydrogen-bond donors (Lipinski definition) is 1. The van der Waals surface area contributed by atoms with E-state index in [9.17, 15) is 0 Å². The molecule has 0 aliphatic carbocycles. The normalized spacial score (nSPS) is 23.3. The van der Waals surface area contributed by atoms with Crippen molar-refractivity contribution in [2.24, 2.45) is 0 Å². The second kappa shape index (κ2) is 7.36. The molecule has 5 nitrogen and oxygen atoms in total. The van der Waals surface area contributed by atoms with Crippen molar-refractivity contribution in [2.75, 3.05) is 38.3 Å². The second-order valence-corrected chi connectivity index (χ2v) is 6.40. The van der Waals surface area contributed by atoms with Gasteiger partial charge >= 0.3 is 0 Å². The lowest BCUT2D eigenvalue weighted by Gasteiger charge is -2.35. The second-order valence-electron chi connectivity index (χ2n) is 5.34. The molecule has 6 heteroatoms. The topological polar surface area (TPSA) is 46.6 Å². The van der Waals surface area contributed by atoms with Gasteiger partial charge in [0.1, 0.15) is 0 Å². The third-order valence-electron chi connectivity index (χ3n) is 3.34. The minimum Gasteiger partial charge on any atom is -0.383 e. The number of morpholine rings is 1. The summed E-state index contributed by atoms with van der Waals surface area (Å²) in [7, 11) is 1.72. The molecule has 0 spiro atoms. The van der Waals surface area contributed by atoms with Crippen molar-refractivity contribution in [1.29, 1.82) is 0 Å². The lowest BCUT2D eigenvalue weighted by molar-refractivity contribution is -0.00523. The van der Waals surface area contributed by atoms with Gasteiger partial charge in [0, 0.05) is 38.2 Å². The van der Waals surface area contributed by atoms with Gasteiger partial charge in [-0.1, -0.05) is 0 Å². The van der Waals surface area contributed by atoms with Crippen LogP contribution in [0, 0.1) is 6.92 Å². The van der Waals surface area contributed by atoms with E-state index in [-0.39, 0.29) is 12.2 Å². The maximum atomic E-state index is 5.78. The minimum atomic E-state index is 0.270. The van der Waals surface area contributed by atoms with Gasteiger partial charge in [-0.05, 0) is 20.8 Å². The molecule has 1 aliphatic rings. The van der Waals surface area contributed by atoms with E-state index in [0.717, 1.165) is 43.6 Å². The highest BCUT2D eigenvalue weighted by Gasteiger charge is 2.24. The number of aromatic nitrogens is 1. The van der Waals surface area contributed by atoms with Crippen LogP contribution in [-0.4, -0.2) is 50.5 Å². The van der Waals surface area contributed by atoms with Gasteiger partial charge < -0.3 is 19.7 Å². The third-order valence-corrected chi connectivity index (χ3v) is 4.56. The molecule has 0 aromatic carbocycles. The molecule has 0 unspecified atom stereocenters. The molecule has 114 valence electrons. The van der Waals surface area contributed by atoms with Crippen LogP contribution < -0.4 is 10.2 Å². The average Bonchev–Trinajstić information content (AvgIpc) is 2.75. The van der Waals surface area contributed by atoms with Crippen LogP contribution in [0.1, 0.15) is 24.4 Å². The summed E-state index contributed by atoms with van der Waals surface area (Å²) in [5.74, 6) is 0. The Balaban J connectivity index is 1.95. The lowest BCUT2D eigenvalue weighted by Crippen LogP contribution is -2.45. The largest absolute Gasteiger partial charge is 0.383 e. The molecule has 2 heterocycles. The number of rotatable bonds is 6. The van der Waals surface area contributed by atoms with Gasteiger partial charge in [0.15, 0.2) is 5.13 Å². The van der Waals surface area contributed by atoms with E-state index in [1.165, 1.54) is 4.88 Å². The van der Waals surface area contributed by atoms with Gasteiger partial charge in [0.05, 0.1) is 24.5 Å². The fourth-order valence-electron chi connectivity index (χ4n) is 2.42. The van der Waals surface area contributed by atoms with E-state index < -0.39 is 0 Å². The van der Waals surface area contributed by atoms with Gasteiger partial charge in [-0.3, -0.25) is 0 Å². The van der Waals surface area contributed by atoms with Crippen molar-refractivity contribution < 1.29 is 9.47 Å². The van der Waals surface area contributed by atoms with Crippen LogP contribution in [0.2, 0.25) is 0 Å². The Labute approximate surface area is 125 Å². The fraction of sp³-hybridized carbons (Fsp3) is 0.786. The first-order chi connectivity index (χ1) is 9.60. The van der Waals surface area contributed by atoms with Gasteiger partial charge in [-0.25, -0.2) is 4.98 Å². The summed E-state index contributed by atoms with van der Waals surface area (Å²) in [6.45, 7) is 10.6. The van der Waals surface area contributed by atoms with Crippen LogP contribution in [0.15, 0.2) is 0 Å². The Morgan fingerprint density at radius 2 is 2.10 bits per heavy atom. The Hall–Kier alpha value is -0.690. The zero-order chi connectivity index (χ0) is 14.5. The fourth-order valence-corrected chi connectivity index (χ4v) is 3.47. The molecule has 2 rings (SSSR count). The van der Waals surface area contributed by atoms with E-state index in [1.807, 2.05) is 0 Å². The standard InChI is InChI=1S/C14H25N3O2S/c1-10-8-17(9-11(2)19-10)14-16-12(3)13(20-14)7-15-5-6-18-4/h10-11,15H,5-9H2,1-4H3/t10-,11+. The number of nitrogens with zero attached hydrogens (tertiary/aromatic N) is 2. The summed E-state index contributed by atoms with van der Waals surface area (Å²) in [4.78, 5) is 8.37. The molecule has 0 bridgehead atoms. The molecule has 2 atom stereocenters. The highest BCUT2D eigenvalue weighted by atomic mass is 32.1. The molecule has 1 saturated heterocycles. The highest BCUT2D eigenvalue weighted by molar-refractivity contribution is 7.15. The molecule has 1 aliphatic heterocycles. The van der Waals surface area contributed by atoms with E-state index in [2.05, 4.69) is 31.0 Å². The predicted octanol–water partition coefficient (Wildman–Crippen LogP) is 1.80. The molecule has 1 aromatic heterocycles. The van der Waals surface area contributed by atoms with Gasteiger partial charge in [-0.15, -0.1) is 11.3 Å². The van der Waals surface area contributed by atoms with E-state index in [1.54, 1.807) is 18.4 Å². The minimum absolute atomic E-state index is 0.270. The summed E-state index contributed by atoms with van der Waals surface area (Å²) in [6.07, 6.45) is 0.539. The Morgan fingerprint density at radius 1 is 1.40 bits per heavy atom. The number of nitrogens with one attached hydrogen (secondary N) is 1. The number of anilines is 1. The Bertz CT molecular complexity index is 415. The van der Waals surface area contributed by atoms with Crippen molar-refractivity contribution in [2.45, 2.75) is 39.5 Å². The summed E-state index contributed by atoms with van der Waals surface area (Å²) in [5, 5.41) is 4.50. The van der Waals surface area contributed by atoms with Crippen LogP contribution in [-0.2, 0) is 16.0 Å². The van der Waals surface area contributed by atoms with Crippen molar-refractivity contribution in [3.8, 4) is 0 Å². The van der Waals surface area contributed by atoms with E-state index >= 15 is 0 Å². The summed E-state index contributed by atoms with van der Waals surface area (Å²) >= 11 is 1.78. The van der Waals surface area contributed by atoms with Gasteiger partial charge in [-0.2, -0.15) is 0 Å². The van der Waals surface area contributed by atoms with Crippen LogP contribution in [0.25, 0.3) is 0 Å². The van der Waals surface area contributed by atoms with Crippen LogP contribution >= 0.6 is 11.3 Å². The molecule has 1 aromatic rings. The summed E-state index contributed by atoms with van der Waals surface area (Å²) < 4.78 is 10.8. The third kappa shape index (κ3) is 4.15. The molecule has 0 amide bonds. The molecule has 0 saturated carbocycles. The smallest absolute Gasteiger partial charge is 0.185 e. The molecule has 1 fully saturated rings. The van der Waals surface area contributed by atoms with Crippen LogP contribution in [0.3, 0.4) is 0 Å². The van der Waals surface area contributed by atoms with Crippen LogP contribution in [0.5, 0.6) is 0 Å².